The second kappa shape index (κ2) is 7.38. The Morgan fingerprint density at radius 3 is 2.78 bits per heavy atom. The van der Waals surface area contributed by atoms with E-state index in [-0.39, 0.29) is 5.91 Å². The fourth-order valence-corrected chi connectivity index (χ4v) is 3.40. The molecule has 6 nitrogen and oxygen atoms in total. The number of aromatic nitrogens is 1. The third kappa shape index (κ3) is 4.28. The quantitative estimate of drug-likeness (QED) is 0.749. The van der Waals surface area contributed by atoms with Crippen molar-refractivity contribution in [1.82, 2.24) is 20.5 Å². The van der Waals surface area contributed by atoms with Gasteiger partial charge in [-0.05, 0) is 44.4 Å². The summed E-state index contributed by atoms with van der Waals surface area (Å²) in [6, 6.07) is 3.90. The second-order valence-corrected chi connectivity index (χ2v) is 6.69. The van der Waals surface area contributed by atoms with Gasteiger partial charge in [-0.25, -0.2) is 0 Å². The smallest absolute Gasteiger partial charge is 0.253 e. The first-order valence-corrected chi connectivity index (χ1v) is 8.52. The zero-order valence-electron chi connectivity index (χ0n) is 13.5. The molecule has 1 aromatic rings. The van der Waals surface area contributed by atoms with Gasteiger partial charge in [0.2, 0.25) is 0 Å². The molecule has 3 N–H and O–H groups in total. The number of β-amino-alcohol motifs (C(OH)–C–C–N with tert-alkyl or cyclic N) is 1. The van der Waals surface area contributed by atoms with E-state index in [1.165, 1.54) is 0 Å². The average molecular weight is 318 g/mol. The molecule has 2 fully saturated rings. The van der Waals surface area contributed by atoms with E-state index in [0.717, 1.165) is 45.3 Å². The van der Waals surface area contributed by atoms with Gasteiger partial charge in [0.1, 0.15) is 0 Å². The first kappa shape index (κ1) is 16.4. The Morgan fingerprint density at radius 1 is 1.39 bits per heavy atom. The van der Waals surface area contributed by atoms with Gasteiger partial charge in [0.05, 0.1) is 5.60 Å². The van der Waals surface area contributed by atoms with Crippen molar-refractivity contribution in [3.05, 3.63) is 30.1 Å². The minimum atomic E-state index is -0.623. The minimum absolute atomic E-state index is 0.0842. The monoisotopic (exact) mass is 318 g/mol. The van der Waals surface area contributed by atoms with Gasteiger partial charge in [-0.1, -0.05) is 0 Å². The minimum Gasteiger partial charge on any atom is -0.387 e. The lowest BCUT2D eigenvalue weighted by molar-refractivity contribution is 0.0125. The summed E-state index contributed by atoms with van der Waals surface area (Å²) < 4.78 is 0. The van der Waals surface area contributed by atoms with Crippen molar-refractivity contribution < 1.29 is 9.90 Å². The summed E-state index contributed by atoms with van der Waals surface area (Å²) in [6.45, 7) is 3.81. The second-order valence-electron chi connectivity index (χ2n) is 6.69. The summed E-state index contributed by atoms with van der Waals surface area (Å²) >= 11 is 0. The zero-order valence-corrected chi connectivity index (χ0v) is 13.5. The topological polar surface area (TPSA) is 77.5 Å². The van der Waals surface area contributed by atoms with Crippen molar-refractivity contribution in [3.8, 4) is 0 Å². The molecule has 0 aliphatic carbocycles. The average Bonchev–Trinajstić information content (AvgIpc) is 2.61. The van der Waals surface area contributed by atoms with Crippen molar-refractivity contribution in [2.24, 2.45) is 0 Å². The van der Waals surface area contributed by atoms with E-state index >= 15 is 0 Å². The van der Waals surface area contributed by atoms with E-state index in [9.17, 15) is 9.90 Å². The summed E-state index contributed by atoms with van der Waals surface area (Å²) in [6.07, 6.45) is 7.05. The molecule has 0 radical (unpaired) electrons. The van der Waals surface area contributed by atoms with E-state index in [1.54, 1.807) is 24.5 Å². The fourth-order valence-electron chi connectivity index (χ4n) is 3.40. The van der Waals surface area contributed by atoms with Crippen LogP contribution in [0.25, 0.3) is 0 Å². The zero-order chi connectivity index (χ0) is 16.1. The first-order chi connectivity index (χ1) is 11.2. The molecule has 3 heterocycles. The van der Waals surface area contributed by atoms with E-state index in [2.05, 4.69) is 15.6 Å². The van der Waals surface area contributed by atoms with Crippen LogP contribution in [0.5, 0.6) is 0 Å². The van der Waals surface area contributed by atoms with Crippen LogP contribution in [-0.4, -0.2) is 65.3 Å². The number of amides is 1. The largest absolute Gasteiger partial charge is 0.387 e. The number of hydrogen-bond donors (Lipinski definition) is 3. The molecule has 2 saturated heterocycles. The summed E-state index contributed by atoms with van der Waals surface area (Å²) in [4.78, 5) is 18.2. The van der Waals surface area contributed by atoms with Crippen molar-refractivity contribution in [1.29, 1.82) is 0 Å². The van der Waals surface area contributed by atoms with Crippen LogP contribution in [0.2, 0.25) is 0 Å². The highest BCUT2D eigenvalue weighted by atomic mass is 16.3. The molecule has 1 aromatic heterocycles. The van der Waals surface area contributed by atoms with Crippen LogP contribution in [0.1, 0.15) is 36.0 Å². The molecule has 23 heavy (non-hydrogen) atoms. The first-order valence-electron chi connectivity index (χ1n) is 8.52. The number of hydrogen-bond acceptors (Lipinski definition) is 5. The maximum Gasteiger partial charge on any atom is 0.253 e. The molecule has 0 saturated carbocycles. The molecule has 0 aromatic carbocycles. The number of likely N-dealkylation sites (tertiary alicyclic amines) is 1. The Hall–Kier alpha value is -1.50. The molecule has 126 valence electrons. The molecule has 0 spiro atoms. The highest BCUT2D eigenvalue weighted by Crippen LogP contribution is 2.17. The third-order valence-electron chi connectivity index (χ3n) is 4.88. The van der Waals surface area contributed by atoms with Gasteiger partial charge in [-0.2, -0.15) is 0 Å². The molecule has 0 unspecified atom stereocenters. The van der Waals surface area contributed by atoms with Crippen LogP contribution in [0.4, 0.5) is 0 Å². The Bertz CT molecular complexity index is 509. The number of carbonyl (C=O) groups is 1. The standard InChI is InChI=1S/C17H26N4O2/c22-16(14-2-8-18-9-3-14)21-10-4-15(5-11-21)20-13-17(23)6-1-7-19-12-17/h2-3,8-9,15,19-20,23H,1,4-7,10-13H2/t17-/m0/s1. The lowest BCUT2D eigenvalue weighted by atomic mass is 9.93. The number of nitrogens with zero attached hydrogens (tertiary/aromatic N) is 2. The van der Waals surface area contributed by atoms with Gasteiger partial charge in [-0.15, -0.1) is 0 Å². The van der Waals surface area contributed by atoms with Crippen LogP contribution in [-0.2, 0) is 0 Å². The Balaban J connectivity index is 1.44. The molecule has 2 aliphatic heterocycles. The van der Waals surface area contributed by atoms with Crippen molar-refractivity contribution in [3.63, 3.8) is 0 Å². The lowest BCUT2D eigenvalue weighted by Gasteiger charge is -2.37. The molecular weight excluding hydrogens is 292 g/mol. The van der Waals surface area contributed by atoms with Crippen LogP contribution in [0, 0.1) is 0 Å². The number of aliphatic hydroxyl groups is 1. The number of piperidine rings is 2. The van der Waals surface area contributed by atoms with Gasteiger partial charge < -0.3 is 20.6 Å². The van der Waals surface area contributed by atoms with Gasteiger partial charge >= 0.3 is 0 Å². The van der Waals surface area contributed by atoms with Crippen LogP contribution in [0.3, 0.4) is 0 Å². The lowest BCUT2D eigenvalue weighted by Crippen LogP contribution is -2.55. The number of nitrogens with one attached hydrogen (secondary N) is 2. The van der Waals surface area contributed by atoms with E-state index in [0.29, 0.717) is 24.7 Å². The SMILES string of the molecule is O=C(c1ccncc1)N1CCC(NC[C@]2(O)CCCNC2)CC1. The molecule has 2 aliphatic rings. The molecule has 1 atom stereocenters. The summed E-state index contributed by atoms with van der Waals surface area (Å²) in [5.41, 5.74) is 0.0800. The van der Waals surface area contributed by atoms with Crippen LogP contribution in [0.15, 0.2) is 24.5 Å². The van der Waals surface area contributed by atoms with Gasteiger partial charge in [0, 0.05) is 50.2 Å². The third-order valence-corrected chi connectivity index (χ3v) is 4.88. The summed E-state index contributed by atoms with van der Waals surface area (Å²) in [7, 11) is 0. The van der Waals surface area contributed by atoms with Crippen molar-refractivity contribution in [2.75, 3.05) is 32.7 Å². The summed E-state index contributed by atoms with van der Waals surface area (Å²) in [5, 5.41) is 17.2. The maximum atomic E-state index is 12.4. The van der Waals surface area contributed by atoms with Gasteiger partial charge in [-0.3, -0.25) is 9.78 Å². The maximum absolute atomic E-state index is 12.4. The number of rotatable bonds is 4. The highest BCUT2D eigenvalue weighted by molar-refractivity contribution is 5.94. The molecule has 0 bridgehead atoms. The van der Waals surface area contributed by atoms with Gasteiger partial charge in [0.25, 0.3) is 5.91 Å². The highest BCUT2D eigenvalue weighted by Gasteiger charge is 2.30. The van der Waals surface area contributed by atoms with Crippen LogP contribution < -0.4 is 10.6 Å². The predicted molar refractivity (Wildman–Crippen MR) is 88.2 cm³/mol. The molecule has 1 amide bonds. The van der Waals surface area contributed by atoms with Crippen molar-refractivity contribution in [2.45, 2.75) is 37.3 Å². The van der Waals surface area contributed by atoms with Crippen molar-refractivity contribution >= 4 is 5.91 Å². The normalized spacial score (nSPS) is 26.2. The number of pyridine rings is 1. The Kier molecular flexibility index (Phi) is 5.25. The van der Waals surface area contributed by atoms with E-state index in [4.69, 9.17) is 0 Å². The molecular formula is C17H26N4O2. The molecule has 6 heteroatoms. The predicted octanol–water partition coefficient (Wildman–Crippen LogP) is 0.390. The molecule has 3 rings (SSSR count). The fraction of sp³-hybridized carbons (Fsp3) is 0.647. The van der Waals surface area contributed by atoms with Crippen LogP contribution >= 0.6 is 0 Å². The number of carbonyl (C=O) groups excluding carboxylic acids is 1. The van der Waals surface area contributed by atoms with Gasteiger partial charge in [0.15, 0.2) is 0 Å². The summed E-state index contributed by atoms with van der Waals surface area (Å²) in [5.74, 6) is 0.0842. The van der Waals surface area contributed by atoms with E-state index in [1.807, 2.05) is 4.90 Å². The Labute approximate surface area is 137 Å². The van der Waals surface area contributed by atoms with E-state index < -0.39 is 5.60 Å². The Morgan fingerprint density at radius 2 is 2.13 bits per heavy atom.